The van der Waals surface area contributed by atoms with Gasteiger partial charge >= 0.3 is 5.97 Å². The van der Waals surface area contributed by atoms with Crippen molar-refractivity contribution in [3.8, 4) is 22.7 Å². The normalized spacial score (nSPS) is 14.3. The van der Waals surface area contributed by atoms with E-state index in [9.17, 15) is 9.59 Å². The summed E-state index contributed by atoms with van der Waals surface area (Å²) in [5.41, 5.74) is 4.59. The Morgan fingerprint density at radius 2 is 1.71 bits per heavy atom. The predicted molar refractivity (Wildman–Crippen MR) is 169 cm³/mol. The Morgan fingerprint density at radius 1 is 1.02 bits per heavy atom. The number of thiocarbonyl (C=S) groups is 1. The minimum atomic E-state index is -0.717. The van der Waals surface area contributed by atoms with E-state index in [1.54, 1.807) is 12.0 Å². The Labute approximate surface area is 251 Å². The molecule has 216 valence electrons. The molecule has 4 rings (SSSR count). The Balaban J connectivity index is 1.41. The molecule has 0 radical (unpaired) electrons. The molecule has 41 heavy (non-hydrogen) atoms. The molecule has 1 N–H and O–H groups in total. The van der Waals surface area contributed by atoms with Crippen LogP contribution >= 0.6 is 24.0 Å². The van der Waals surface area contributed by atoms with E-state index in [0.717, 1.165) is 85.2 Å². The first kappa shape index (κ1) is 30.5. The molecular weight excluding hydrogens is 555 g/mol. The summed E-state index contributed by atoms with van der Waals surface area (Å²) in [7, 11) is 1.65. The number of carboxylic acid groups (broad SMARTS) is 1. The number of nitrogens with zero attached hydrogens (tertiary/aromatic N) is 3. The van der Waals surface area contributed by atoms with Gasteiger partial charge in [-0.2, -0.15) is 5.10 Å². The molecule has 1 aromatic heterocycles. The molecule has 3 aromatic rings. The zero-order valence-electron chi connectivity index (χ0n) is 23.7. The molecule has 1 saturated heterocycles. The Bertz CT molecular complexity index is 1400. The van der Waals surface area contributed by atoms with Crippen LogP contribution in [-0.2, 0) is 9.59 Å². The third-order valence-corrected chi connectivity index (χ3v) is 8.51. The molecular formula is C32H37N3O4S2. The number of aryl methyl sites for hydroxylation is 1. The van der Waals surface area contributed by atoms with Gasteiger partial charge < -0.3 is 9.84 Å². The number of ether oxygens (including phenoxy) is 1. The van der Waals surface area contributed by atoms with Crippen molar-refractivity contribution in [2.75, 3.05) is 13.7 Å². The van der Waals surface area contributed by atoms with E-state index in [0.29, 0.717) is 15.8 Å². The van der Waals surface area contributed by atoms with Gasteiger partial charge in [0, 0.05) is 30.3 Å². The van der Waals surface area contributed by atoms with Crippen LogP contribution in [0.3, 0.4) is 0 Å². The van der Waals surface area contributed by atoms with Crippen molar-refractivity contribution in [2.45, 2.75) is 64.7 Å². The van der Waals surface area contributed by atoms with Crippen molar-refractivity contribution >= 4 is 46.3 Å². The predicted octanol–water partition coefficient (Wildman–Crippen LogP) is 7.65. The summed E-state index contributed by atoms with van der Waals surface area (Å²) < 4.78 is 7.83. The number of hydrogen-bond acceptors (Lipinski definition) is 6. The minimum Gasteiger partial charge on any atom is -0.497 e. The molecule has 1 aliphatic rings. The van der Waals surface area contributed by atoms with Crippen LogP contribution in [0.2, 0.25) is 0 Å². The van der Waals surface area contributed by atoms with Gasteiger partial charge in [0.15, 0.2) is 0 Å². The van der Waals surface area contributed by atoms with Crippen molar-refractivity contribution in [1.29, 1.82) is 0 Å². The molecule has 1 fully saturated rings. The maximum absolute atomic E-state index is 13.4. The molecule has 2 heterocycles. The lowest BCUT2D eigenvalue weighted by Gasteiger charge is -2.14. The summed E-state index contributed by atoms with van der Waals surface area (Å²) in [4.78, 5) is 26.3. The fourth-order valence-electron chi connectivity index (χ4n) is 4.88. The molecule has 7 nitrogen and oxygen atoms in total. The monoisotopic (exact) mass is 591 g/mol. The molecule has 0 unspecified atom stereocenters. The Kier molecular flexibility index (Phi) is 11.2. The standard InChI is InChI=1S/C32H37N3O4S2/c1-23-20-26(39-2)17-18-27(23)30-24(22-35(33-30)25-14-10-9-11-15-25)21-28-31(38)34(32(40)41-28)19-13-8-6-4-3-5-7-12-16-29(36)37/h9-11,14-15,17-18,20-22H,3-8,12-13,16,19H2,1-2H3,(H,36,37)/b28-21-. The number of benzene rings is 2. The van der Waals surface area contributed by atoms with Crippen molar-refractivity contribution in [1.82, 2.24) is 14.7 Å². The number of methoxy groups -OCH3 is 1. The van der Waals surface area contributed by atoms with Crippen molar-refractivity contribution in [2.24, 2.45) is 0 Å². The smallest absolute Gasteiger partial charge is 0.303 e. The zero-order valence-corrected chi connectivity index (χ0v) is 25.3. The molecule has 2 aromatic carbocycles. The van der Waals surface area contributed by atoms with Gasteiger partial charge in [-0.15, -0.1) is 0 Å². The third kappa shape index (κ3) is 8.30. The molecule has 9 heteroatoms. The highest BCUT2D eigenvalue weighted by molar-refractivity contribution is 8.26. The summed E-state index contributed by atoms with van der Waals surface area (Å²) in [6.45, 7) is 2.65. The SMILES string of the molecule is COc1ccc(-c2nn(-c3ccccc3)cc2/C=C2\SC(=S)N(CCCCCCCCCCC(=O)O)C2=O)c(C)c1. The van der Waals surface area contributed by atoms with E-state index in [4.69, 9.17) is 27.2 Å². The number of aromatic nitrogens is 2. The average molecular weight is 592 g/mol. The van der Waals surface area contributed by atoms with E-state index in [2.05, 4.69) is 0 Å². The second kappa shape index (κ2) is 15.0. The minimum absolute atomic E-state index is 0.0525. The van der Waals surface area contributed by atoms with Crippen LogP contribution in [0, 0.1) is 6.92 Å². The van der Waals surface area contributed by atoms with Crippen LogP contribution in [0.4, 0.5) is 0 Å². The first-order valence-corrected chi connectivity index (χ1v) is 15.4. The number of aliphatic carboxylic acids is 1. The maximum Gasteiger partial charge on any atom is 0.303 e. The number of carboxylic acids is 1. The fraction of sp³-hybridized carbons (Fsp3) is 0.375. The van der Waals surface area contributed by atoms with Crippen LogP contribution in [0.5, 0.6) is 5.75 Å². The van der Waals surface area contributed by atoms with E-state index < -0.39 is 5.97 Å². The van der Waals surface area contributed by atoms with Gasteiger partial charge in [0.05, 0.1) is 17.7 Å². The number of unbranched alkanes of at least 4 members (excludes halogenated alkanes) is 7. The average Bonchev–Trinajstić information content (AvgIpc) is 3.50. The van der Waals surface area contributed by atoms with Crippen molar-refractivity contribution in [3.63, 3.8) is 0 Å². The summed E-state index contributed by atoms with van der Waals surface area (Å²) in [5, 5.41) is 13.6. The van der Waals surface area contributed by atoms with Gasteiger partial charge in [-0.05, 0) is 61.7 Å². The number of carbonyl (C=O) groups excluding carboxylic acids is 1. The maximum atomic E-state index is 13.4. The molecule has 1 amide bonds. The molecule has 0 saturated carbocycles. The second-order valence-corrected chi connectivity index (χ2v) is 11.9. The van der Waals surface area contributed by atoms with Gasteiger partial charge in [0.25, 0.3) is 5.91 Å². The second-order valence-electron chi connectivity index (χ2n) is 10.2. The summed E-state index contributed by atoms with van der Waals surface area (Å²) >= 11 is 6.94. The van der Waals surface area contributed by atoms with E-state index >= 15 is 0 Å². The molecule has 0 bridgehead atoms. The Morgan fingerprint density at radius 3 is 2.37 bits per heavy atom. The molecule has 0 aliphatic carbocycles. The van der Waals surface area contributed by atoms with Gasteiger partial charge in [-0.1, -0.05) is 80.7 Å². The van der Waals surface area contributed by atoms with Crippen LogP contribution in [0.1, 0.15) is 68.9 Å². The van der Waals surface area contributed by atoms with Gasteiger partial charge in [-0.3, -0.25) is 14.5 Å². The van der Waals surface area contributed by atoms with Crippen LogP contribution in [0.15, 0.2) is 59.6 Å². The van der Waals surface area contributed by atoms with Crippen molar-refractivity contribution in [3.05, 3.63) is 70.8 Å². The molecule has 0 atom stereocenters. The lowest BCUT2D eigenvalue weighted by molar-refractivity contribution is -0.137. The first-order valence-electron chi connectivity index (χ1n) is 14.1. The third-order valence-electron chi connectivity index (χ3n) is 7.13. The van der Waals surface area contributed by atoms with Gasteiger partial charge in [0.1, 0.15) is 15.8 Å². The number of hydrogen-bond donors (Lipinski definition) is 1. The number of carbonyl (C=O) groups is 2. The topological polar surface area (TPSA) is 84.7 Å². The lowest BCUT2D eigenvalue weighted by atomic mass is 10.0. The zero-order chi connectivity index (χ0) is 29.2. The Hall–Kier alpha value is -3.43. The number of thioether (sulfide) groups is 1. The first-order chi connectivity index (χ1) is 19.9. The van der Waals surface area contributed by atoms with E-state index in [1.807, 2.05) is 72.4 Å². The van der Waals surface area contributed by atoms with Gasteiger partial charge in [0.2, 0.25) is 0 Å². The van der Waals surface area contributed by atoms with Gasteiger partial charge in [-0.25, -0.2) is 4.68 Å². The van der Waals surface area contributed by atoms with E-state index in [-0.39, 0.29) is 12.3 Å². The van der Waals surface area contributed by atoms with E-state index in [1.165, 1.54) is 11.8 Å². The number of para-hydroxylation sites is 1. The summed E-state index contributed by atoms with van der Waals surface area (Å²) in [5.74, 6) is 0.0146. The molecule has 1 aliphatic heterocycles. The number of rotatable bonds is 15. The highest BCUT2D eigenvalue weighted by Crippen LogP contribution is 2.36. The van der Waals surface area contributed by atoms with Crippen LogP contribution in [-0.4, -0.2) is 49.6 Å². The summed E-state index contributed by atoms with van der Waals surface area (Å²) in [6.07, 6.45) is 12.2. The lowest BCUT2D eigenvalue weighted by Crippen LogP contribution is -2.29. The molecule has 0 spiro atoms. The largest absolute Gasteiger partial charge is 0.497 e. The van der Waals surface area contributed by atoms with Crippen LogP contribution in [0.25, 0.3) is 23.0 Å². The highest BCUT2D eigenvalue weighted by atomic mass is 32.2. The quantitative estimate of drug-likeness (QED) is 0.110. The summed E-state index contributed by atoms with van der Waals surface area (Å²) in [6, 6.07) is 15.8. The fourth-order valence-corrected chi connectivity index (χ4v) is 6.18. The van der Waals surface area contributed by atoms with Crippen molar-refractivity contribution < 1.29 is 19.4 Å². The highest BCUT2D eigenvalue weighted by Gasteiger charge is 2.32. The number of amides is 1. The van der Waals surface area contributed by atoms with Crippen LogP contribution < -0.4 is 4.74 Å².